The van der Waals surface area contributed by atoms with E-state index in [9.17, 15) is 20.0 Å². The SMILES string of the molecule is CCC(C)C(C)(O)CNC(=O)c1ccc([N+](=O)[O-])o1. The van der Waals surface area contributed by atoms with Crippen LogP contribution < -0.4 is 5.32 Å². The summed E-state index contributed by atoms with van der Waals surface area (Å²) < 4.78 is 4.77. The van der Waals surface area contributed by atoms with Crippen LogP contribution in [0.3, 0.4) is 0 Å². The topological polar surface area (TPSA) is 106 Å². The van der Waals surface area contributed by atoms with Crippen molar-refractivity contribution >= 4 is 11.8 Å². The Balaban J connectivity index is 2.62. The van der Waals surface area contributed by atoms with E-state index in [0.29, 0.717) is 0 Å². The minimum Gasteiger partial charge on any atom is -0.395 e. The zero-order valence-corrected chi connectivity index (χ0v) is 11.2. The predicted octanol–water partition coefficient (Wildman–Crippen LogP) is 1.71. The molecule has 19 heavy (non-hydrogen) atoms. The van der Waals surface area contributed by atoms with Crippen LogP contribution in [-0.2, 0) is 0 Å². The van der Waals surface area contributed by atoms with Crippen molar-refractivity contribution in [1.29, 1.82) is 0 Å². The third-order valence-corrected chi connectivity index (χ3v) is 3.28. The summed E-state index contributed by atoms with van der Waals surface area (Å²) in [6.07, 6.45) is 0.773. The average Bonchev–Trinajstić information content (AvgIpc) is 2.84. The first-order valence-corrected chi connectivity index (χ1v) is 6.02. The van der Waals surface area contributed by atoms with Crippen LogP contribution in [0.1, 0.15) is 37.7 Å². The molecule has 7 nitrogen and oxygen atoms in total. The van der Waals surface area contributed by atoms with Gasteiger partial charge in [-0.1, -0.05) is 20.3 Å². The molecule has 0 fully saturated rings. The number of furan rings is 1. The molecule has 0 bridgehead atoms. The maximum absolute atomic E-state index is 11.7. The van der Waals surface area contributed by atoms with Crippen molar-refractivity contribution in [2.45, 2.75) is 32.8 Å². The molecule has 0 saturated carbocycles. The fourth-order valence-electron chi connectivity index (χ4n) is 1.51. The van der Waals surface area contributed by atoms with Crippen molar-refractivity contribution in [3.63, 3.8) is 0 Å². The van der Waals surface area contributed by atoms with Gasteiger partial charge in [-0.25, -0.2) is 0 Å². The number of carbonyl (C=O) groups excluding carboxylic acids is 1. The summed E-state index contributed by atoms with van der Waals surface area (Å²) in [5.74, 6) is -1.21. The van der Waals surface area contributed by atoms with Crippen molar-refractivity contribution in [1.82, 2.24) is 5.32 Å². The van der Waals surface area contributed by atoms with Crippen molar-refractivity contribution in [2.24, 2.45) is 5.92 Å². The fraction of sp³-hybridized carbons (Fsp3) is 0.583. The van der Waals surface area contributed by atoms with Gasteiger partial charge >= 0.3 is 5.88 Å². The van der Waals surface area contributed by atoms with Crippen LogP contribution in [0.25, 0.3) is 0 Å². The second-order valence-electron chi connectivity index (χ2n) is 4.74. The van der Waals surface area contributed by atoms with Crippen molar-refractivity contribution in [3.05, 3.63) is 28.0 Å². The molecule has 1 aromatic rings. The van der Waals surface area contributed by atoms with Crippen LogP contribution in [0.2, 0.25) is 0 Å². The molecule has 1 aromatic heterocycles. The monoisotopic (exact) mass is 270 g/mol. The maximum Gasteiger partial charge on any atom is 0.433 e. The Morgan fingerprint density at radius 3 is 2.74 bits per heavy atom. The van der Waals surface area contributed by atoms with Crippen molar-refractivity contribution in [2.75, 3.05) is 6.54 Å². The zero-order valence-electron chi connectivity index (χ0n) is 11.2. The smallest absolute Gasteiger partial charge is 0.395 e. The molecule has 0 saturated heterocycles. The highest BCUT2D eigenvalue weighted by Gasteiger charge is 2.28. The number of nitrogens with one attached hydrogen (secondary N) is 1. The van der Waals surface area contributed by atoms with Gasteiger partial charge in [0, 0.05) is 6.54 Å². The van der Waals surface area contributed by atoms with Gasteiger partial charge in [-0.05, 0) is 18.9 Å². The van der Waals surface area contributed by atoms with Gasteiger partial charge in [0.1, 0.15) is 4.92 Å². The molecule has 106 valence electrons. The lowest BCUT2D eigenvalue weighted by atomic mass is 9.88. The average molecular weight is 270 g/mol. The fourth-order valence-corrected chi connectivity index (χ4v) is 1.51. The van der Waals surface area contributed by atoms with Crippen molar-refractivity contribution < 1.29 is 19.2 Å². The van der Waals surface area contributed by atoms with E-state index in [2.05, 4.69) is 5.32 Å². The summed E-state index contributed by atoms with van der Waals surface area (Å²) >= 11 is 0. The van der Waals surface area contributed by atoms with Crippen LogP contribution in [0.4, 0.5) is 5.88 Å². The van der Waals surface area contributed by atoms with Gasteiger partial charge in [-0.15, -0.1) is 0 Å². The third kappa shape index (κ3) is 3.78. The second-order valence-corrected chi connectivity index (χ2v) is 4.74. The highest BCUT2D eigenvalue weighted by molar-refractivity contribution is 5.91. The number of rotatable bonds is 6. The highest BCUT2D eigenvalue weighted by atomic mass is 16.6. The molecule has 0 aliphatic heterocycles. The van der Waals surface area contributed by atoms with Gasteiger partial charge in [-0.3, -0.25) is 14.9 Å². The Morgan fingerprint density at radius 1 is 1.63 bits per heavy atom. The first-order valence-electron chi connectivity index (χ1n) is 6.02. The number of hydrogen-bond acceptors (Lipinski definition) is 5. The van der Waals surface area contributed by atoms with E-state index in [0.717, 1.165) is 12.5 Å². The van der Waals surface area contributed by atoms with Crippen LogP contribution >= 0.6 is 0 Å². The Labute approximate surface area is 110 Å². The minimum atomic E-state index is -1.04. The van der Waals surface area contributed by atoms with Crippen LogP contribution in [0.15, 0.2) is 16.5 Å². The number of hydrogen-bond donors (Lipinski definition) is 2. The van der Waals surface area contributed by atoms with Crippen LogP contribution in [0, 0.1) is 16.0 Å². The van der Waals surface area contributed by atoms with Gasteiger partial charge < -0.3 is 14.8 Å². The summed E-state index contributed by atoms with van der Waals surface area (Å²) in [5.41, 5.74) is -1.04. The third-order valence-electron chi connectivity index (χ3n) is 3.28. The van der Waals surface area contributed by atoms with E-state index in [4.69, 9.17) is 4.42 Å². The molecule has 7 heteroatoms. The van der Waals surface area contributed by atoms with Gasteiger partial charge in [0.25, 0.3) is 5.91 Å². The molecule has 1 heterocycles. The standard InChI is InChI=1S/C12H18N2O5/c1-4-8(2)12(3,16)7-13-11(15)9-5-6-10(19-9)14(17)18/h5-6,8,16H,4,7H2,1-3H3,(H,13,15). The summed E-state index contributed by atoms with van der Waals surface area (Å²) in [6, 6.07) is 2.34. The number of nitro groups is 1. The first kappa shape index (κ1) is 15.2. The molecular weight excluding hydrogens is 252 g/mol. The van der Waals surface area contributed by atoms with Gasteiger partial charge in [0.2, 0.25) is 0 Å². The quantitative estimate of drug-likeness (QED) is 0.604. The summed E-state index contributed by atoms with van der Waals surface area (Å²) in [5, 5.41) is 23.0. The van der Waals surface area contributed by atoms with E-state index < -0.39 is 22.3 Å². The molecule has 1 rings (SSSR count). The summed E-state index contributed by atoms with van der Waals surface area (Å²) in [4.78, 5) is 21.4. The Kier molecular flexibility index (Phi) is 4.66. The normalized spacial score (nSPS) is 15.6. The van der Waals surface area contributed by atoms with Gasteiger partial charge in [-0.2, -0.15) is 0 Å². The van der Waals surface area contributed by atoms with E-state index in [1.54, 1.807) is 6.92 Å². The Hall–Kier alpha value is -1.89. The molecule has 2 atom stereocenters. The van der Waals surface area contributed by atoms with E-state index in [-0.39, 0.29) is 18.2 Å². The first-order chi connectivity index (χ1) is 8.77. The Bertz CT molecular complexity index is 466. The number of aliphatic hydroxyl groups is 1. The molecule has 0 aliphatic carbocycles. The minimum absolute atomic E-state index is 0.0127. The lowest BCUT2D eigenvalue weighted by Gasteiger charge is -2.29. The van der Waals surface area contributed by atoms with Crippen LogP contribution in [-0.4, -0.2) is 28.1 Å². The summed E-state index contributed by atoms with van der Waals surface area (Å²) in [7, 11) is 0. The molecule has 0 spiro atoms. The number of nitrogens with zero attached hydrogens (tertiary/aromatic N) is 1. The molecule has 2 unspecified atom stereocenters. The number of carbonyl (C=O) groups is 1. The zero-order chi connectivity index (χ0) is 14.6. The van der Waals surface area contributed by atoms with Crippen molar-refractivity contribution in [3.8, 4) is 0 Å². The Morgan fingerprint density at radius 2 is 2.26 bits per heavy atom. The highest BCUT2D eigenvalue weighted by Crippen LogP contribution is 2.19. The van der Waals surface area contributed by atoms with Gasteiger partial charge in [0.05, 0.1) is 11.7 Å². The lowest BCUT2D eigenvalue weighted by molar-refractivity contribution is -0.402. The summed E-state index contributed by atoms with van der Waals surface area (Å²) in [6.45, 7) is 5.50. The second kappa shape index (κ2) is 5.83. The molecular formula is C12H18N2O5. The van der Waals surface area contributed by atoms with E-state index in [1.807, 2.05) is 13.8 Å². The van der Waals surface area contributed by atoms with Crippen LogP contribution in [0.5, 0.6) is 0 Å². The van der Waals surface area contributed by atoms with Gasteiger partial charge in [0.15, 0.2) is 5.76 Å². The lowest BCUT2D eigenvalue weighted by Crippen LogP contribution is -2.45. The van der Waals surface area contributed by atoms with E-state index in [1.165, 1.54) is 6.07 Å². The maximum atomic E-state index is 11.7. The number of amides is 1. The largest absolute Gasteiger partial charge is 0.433 e. The van der Waals surface area contributed by atoms with E-state index >= 15 is 0 Å². The predicted molar refractivity (Wildman–Crippen MR) is 67.8 cm³/mol. The molecule has 0 aliphatic rings. The molecule has 0 aromatic carbocycles. The molecule has 0 radical (unpaired) electrons. The molecule has 1 amide bonds. The molecule has 2 N–H and O–H groups in total.